The van der Waals surface area contributed by atoms with Crippen LogP contribution in [0, 0.1) is 0 Å². The lowest BCUT2D eigenvalue weighted by atomic mass is 10.3. The zero-order valence-corrected chi connectivity index (χ0v) is 8.58. The maximum atomic E-state index is 10.6. The van der Waals surface area contributed by atoms with Crippen molar-refractivity contribution in [3.05, 3.63) is 48.0 Å². The summed E-state index contributed by atoms with van der Waals surface area (Å²) < 4.78 is 1.61. The van der Waals surface area contributed by atoms with Crippen LogP contribution in [-0.4, -0.2) is 25.8 Å². The van der Waals surface area contributed by atoms with E-state index in [1.54, 1.807) is 10.9 Å². The van der Waals surface area contributed by atoms with Gasteiger partial charge in [-0.05, 0) is 12.1 Å². The van der Waals surface area contributed by atoms with Gasteiger partial charge in [0, 0.05) is 31.1 Å². The first kappa shape index (κ1) is 10.4. The van der Waals surface area contributed by atoms with E-state index in [1.165, 1.54) is 12.4 Å². The van der Waals surface area contributed by atoms with E-state index in [2.05, 4.69) is 10.1 Å². The van der Waals surface area contributed by atoms with Gasteiger partial charge in [0.2, 0.25) is 0 Å². The quantitative estimate of drug-likeness (QED) is 0.836. The van der Waals surface area contributed by atoms with E-state index in [0.29, 0.717) is 6.54 Å². The van der Waals surface area contributed by atoms with Crippen molar-refractivity contribution in [3.8, 4) is 0 Å². The Kier molecular flexibility index (Phi) is 2.95. The van der Waals surface area contributed by atoms with Crippen LogP contribution >= 0.6 is 0 Å². The predicted molar refractivity (Wildman–Crippen MR) is 57.1 cm³/mol. The second-order valence-electron chi connectivity index (χ2n) is 3.37. The summed E-state index contributed by atoms with van der Waals surface area (Å²) in [5.41, 5.74) is 1.18. The number of carboxylic acid groups (broad SMARTS) is 1. The van der Waals surface area contributed by atoms with E-state index in [-0.39, 0.29) is 5.56 Å². The Morgan fingerprint density at radius 2 is 2.31 bits per heavy atom. The number of carbonyl (C=O) groups is 1. The number of aryl methyl sites for hydroxylation is 2. The molecule has 82 valence electrons. The molecular weight excluding hydrogens is 206 g/mol. The molecule has 0 fully saturated rings. The molecule has 5 nitrogen and oxygen atoms in total. The standard InChI is InChI=1S/C11H11N3O2/c15-11(16)9-7-13-14(8-9)6-4-10-3-1-2-5-12-10/h1-3,5,7-8H,4,6H2,(H,15,16). The summed E-state index contributed by atoms with van der Waals surface area (Å²) in [5.74, 6) is -0.955. The van der Waals surface area contributed by atoms with Crippen LogP contribution < -0.4 is 0 Å². The normalized spacial score (nSPS) is 10.2. The molecule has 0 aliphatic carbocycles. The van der Waals surface area contributed by atoms with Crippen molar-refractivity contribution in [2.24, 2.45) is 0 Å². The number of rotatable bonds is 4. The highest BCUT2D eigenvalue weighted by molar-refractivity contribution is 5.86. The molecule has 0 saturated heterocycles. The fraction of sp³-hybridized carbons (Fsp3) is 0.182. The molecule has 2 aromatic rings. The second kappa shape index (κ2) is 4.57. The van der Waals surface area contributed by atoms with Crippen LogP contribution in [0.15, 0.2) is 36.8 Å². The summed E-state index contributed by atoms with van der Waals surface area (Å²) in [7, 11) is 0. The predicted octanol–water partition coefficient (Wildman–Crippen LogP) is 1.22. The first-order valence-corrected chi connectivity index (χ1v) is 4.91. The summed E-state index contributed by atoms with van der Waals surface area (Å²) in [6.07, 6.45) is 5.34. The topological polar surface area (TPSA) is 68.0 Å². The Morgan fingerprint density at radius 1 is 1.44 bits per heavy atom. The molecule has 16 heavy (non-hydrogen) atoms. The van der Waals surface area contributed by atoms with Gasteiger partial charge in [-0.15, -0.1) is 0 Å². The van der Waals surface area contributed by atoms with Crippen LogP contribution in [-0.2, 0) is 13.0 Å². The number of nitrogens with zero attached hydrogens (tertiary/aromatic N) is 3. The summed E-state index contributed by atoms with van der Waals surface area (Å²) in [5, 5.41) is 12.7. The Hall–Kier alpha value is -2.17. The van der Waals surface area contributed by atoms with Crippen LogP contribution in [0.3, 0.4) is 0 Å². The zero-order chi connectivity index (χ0) is 11.4. The smallest absolute Gasteiger partial charge is 0.338 e. The van der Waals surface area contributed by atoms with Gasteiger partial charge in [0.15, 0.2) is 0 Å². The molecule has 0 bridgehead atoms. The Bertz CT molecular complexity index is 479. The lowest BCUT2D eigenvalue weighted by Crippen LogP contribution is -2.03. The van der Waals surface area contributed by atoms with E-state index in [1.807, 2.05) is 18.2 Å². The highest BCUT2D eigenvalue weighted by atomic mass is 16.4. The third kappa shape index (κ3) is 2.44. The Morgan fingerprint density at radius 3 is 2.94 bits per heavy atom. The molecule has 0 amide bonds. The minimum absolute atomic E-state index is 0.209. The number of pyridine rings is 1. The van der Waals surface area contributed by atoms with Crippen molar-refractivity contribution < 1.29 is 9.90 Å². The average Bonchev–Trinajstić information content (AvgIpc) is 2.76. The largest absolute Gasteiger partial charge is 0.478 e. The molecule has 0 aromatic carbocycles. The number of carboxylic acids is 1. The number of aromatic nitrogens is 3. The first-order valence-electron chi connectivity index (χ1n) is 4.91. The van der Waals surface area contributed by atoms with Gasteiger partial charge in [0.1, 0.15) is 0 Å². The molecule has 2 aromatic heterocycles. The molecule has 0 atom stereocenters. The van der Waals surface area contributed by atoms with Gasteiger partial charge < -0.3 is 5.11 Å². The molecule has 0 saturated carbocycles. The zero-order valence-electron chi connectivity index (χ0n) is 8.58. The molecule has 2 heterocycles. The Balaban J connectivity index is 1.97. The van der Waals surface area contributed by atoms with E-state index in [0.717, 1.165) is 12.1 Å². The average molecular weight is 217 g/mol. The second-order valence-corrected chi connectivity index (χ2v) is 3.37. The number of aromatic carboxylic acids is 1. The minimum atomic E-state index is -0.955. The maximum Gasteiger partial charge on any atom is 0.338 e. The van der Waals surface area contributed by atoms with Crippen LogP contribution in [0.2, 0.25) is 0 Å². The molecular formula is C11H11N3O2. The summed E-state index contributed by atoms with van der Waals surface area (Å²) in [4.78, 5) is 14.8. The summed E-state index contributed by atoms with van der Waals surface area (Å²) >= 11 is 0. The van der Waals surface area contributed by atoms with Gasteiger partial charge in [-0.25, -0.2) is 4.79 Å². The molecule has 0 spiro atoms. The molecule has 0 radical (unpaired) electrons. The van der Waals surface area contributed by atoms with Gasteiger partial charge in [0.05, 0.1) is 11.8 Å². The van der Waals surface area contributed by atoms with Gasteiger partial charge in [-0.2, -0.15) is 5.10 Å². The molecule has 1 N–H and O–H groups in total. The highest BCUT2D eigenvalue weighted by Gasteiger charge is 2.05. The maximum absolute atomic E-state index is 10.6. The van der Waals surface area contributed by atoms with Crippen molar-refractivity contribution >= 4 is 5.97 Å². The highest BCUT2D eigenvalue weighted by Crippen LogP contribution is 2.00. The number of hydrogen-bond acceptors (Lipinski definition) is 3. The van der Waals surface area contributed by atoms with Crippen molar-refractivity contribution in [3.63, 3.8) is 0 Å². The van der Waals surface area contributed by atoms with Gasteiger partial charge in [-0.3, -0.25) is 9.67 Å². The molecule has 0 aliphatic heterocycles. The summed E-state index contributed by atoms with van der Waals surface area (Å²) in [6.45, 7) is 0.629. The van der Waals surface area contributed by atoms with E-state index < -0.39 is 5.97 Å². The van der Waals surface area contributed by atoms with Gasteiger partial charge in [0.25, 0.3) is 0 Å². The Labute approximate surface area is 92.4 Å². The van der Waals surface area contributed by atoms with Crippen LogP contribution in [0.4, 0.5) is 0 Å². The van der Waals surface area contributed by atoms with Crippen molar-refractivity contribution in [2.45, 2.75) is 13.0 Å². The van der Waals surface area contributed by atoms with Crippen LogP contribution in [0.1, 0.15) is 16.1 Å². The van der Waals surface area contributed by atoms with Crippen LogP contribution in [0.25, 0.3) is 0 Å². The van der Waals surface area contributed by atoms with Crippen LogP contribution in [0.5, 0.6) is 0 Å². The van der Waals surface area contributed by atoms with Gasteiger partial charge >= 0.3 is 5.97 Å². The third-order valence-corrected chi connectivity index (χ3v) is 2.20. The van der Waals surface area contributed by atoms with Crippen molar-refractivity contribution in [1.82, 2.24) is 14.8 Å². The first-order chi connectivity index (χ1) is 7.75. The molecule has 5 heteroatoms. The monoisotopic (exact) mass is 217 g/mol. The molecule has 0 unspecified atom stereocenters. The summed E-state index contributed by atoms with van der Waals surface area (Å²) in [6, 6.07) is 5.72. The van der Waals surface area contributed by atoms with Crippen molar-refractivity contribution in [1.29, 1.82) is 0 Å². The number of hydrogen-bond donors (Lipinski definition) is 1. The van der Waals surface area contributed by atoms with Crippen molar-refractivity contribution in [2.75, 3.05) is 0 Å². The molecule has 2 rings (SSSR count). The minimum Gasteiger partial charge on any atom is -0.478 e. The van der Waals surface area contributed by atoms with Gasteiger partial charge in [-0.1, -0.05) is 6.07 Å². The molecule has 0 aliphatic rings. The fourth-order valence-corrected chi connectivity index (χ4v) is 1.37. The SMILES string of the molecule is O=C(O)c1cnn(CCc2ccccn2)c1. The van der Waals surface area contributed by atoms with E-state index >= 15 is 0 Å². The van der Waals surface area contributed by atoms with E-state index in [9.17, 15) is 4.79 Å². The third-order valence-electron chi connectivity index (χ3n) is 2.20. The fourth-order valence-electron chi connectivity index (χ4n) is 1.37. The van der Waals surface area contributed by atoms with E-state index in [4.69, 9.17) is 5.11 Å². The lowest BCUT2D eigenvalue weighted by Gasteiger charge is -2.00. The lowest BCUT2D eigenvalue weighted by molar-refractivity contribution is 0.0697.